The summed E-state index contributed by atoms with van der Waals surface area (Å²) in [5, 5.41) is 0. The molecule has 0 aromatic heterocycles. The number of hydrogen-bond donors (Lipinski definition) is 4. The number of esters is 2. The van der Waals surface area contributed by atoms with Crippen LogP contribution in [-0.2, 0) is 49.1 Å². The first-order valence-electron chi connectivity index (χ1n) is 13.7. The first kappa shape index (κ1) is 38.1. The van der Waals surface area contributed by atoms with E-state index in [0.29, 0.717) is 12.2 Å². The van der Waals surface area contributed by atoms with Crippen molar-refractivity contribution in [3.8, 4) is 5.75 Å². The SMILES string of the molecule is C=C(C)C(=O)OCC(CCc1ccc(C(C)(C)c2ccc(OCC(COC(=O)C(=C)C)OP(=O)(O)O)cc2)cc1)OP(=O)(O)O. The predicted molar refractivity (Wildman–Crippen MR) is 164 cm³/mol. The molecule has 0 aliphatic rings. The van der Waals surface area contributed by atoms with Crippen LogP contribution in [-0.4, -0.2) is 63.5 Å². The van der Waals surface area contributed by atoms with Crippen LogP contribution in [0.1, 0.15) is 50.8 Å². The van der Waals surface area contributed by atoms with Gasteiger partial charge in [-0.1, -0.05) is 63.4 Å². The number of phosphoric ester groups is 2. The lowest BCUT2D eigenvalue weighted by Gasteiger charge is -2.27. The molecule has 0 aliphatic heterocycles. The van der Waals surface area contributed by atoms with E-state index in [9.17, 15) is 38.3 Å². The molecule has 0 bridgehead atoms. The van der Waals surface area contributed by atoms with E-state index < -0.39 is 51.8 Å². The van der Waals surface area contributed by atoms with Gasteiger partial charge in [-0.3, -0.25) is 9.05 Å². The zero-order chi connectivity index (χ0) is 34.0. The Morgan fingerprint density at radius 3 is 1.60 bits per heavy atom. The van der Waals surface area contributed by atoms with Crippen LogP contribution >= 0.6 is 15.6 Å². The maximum Gasteiger partial charge on any atom is 0.470 e. The third kappa shape index (κ3) is 13.8. The van der Waals surface area contributed by atoms with E-state index in [2.05, 4.69) is 17.7 Å². The van der Waals surface area contributed by atoms with Crippen LogP contribution in [0.15, 0.2) is 72.8 Å². The number of ether oxygens (including phenoxy) is 3. The Morgan fingerprint density at radius 2 is 1.16 bits per heavy atom. The number of carbonyl (C=O) groups excluding carboxylic acids is 2. The second-order valence-electron chi connectivity index (χ2n) is 10.9. The van der Waals surface area contributed by atoms with Gasteiger partial charge in [0.05, 0.1) is 0 Å². The smallest absolute Gasteiger partial charge is 0.470 e. The molecule has 13 nitrogen and oxygen atoms in total. The molecule has 0 spiro atoms. The van der Waals surface area contributed by atoms with E-state index in [-0.39, 0.29) is 30.8 Å². The van der Waals surface area contributed by atoms with Crippen molar-refractivity contribution in [2.24, 2.45) is 0 Å². The second kappa shape index (κ2) is 16.4. The summed E-state index contributed by atoms with van der Waals surface area (Å²) in [5.41, 5.74) is 2.64. The normalized spacial score (nSPS) is 13.4. The van der Waals surface area contributed by atoms with Gasteiger partial charge in [0.2, 0.25) is 0 Å². The molecule has 0 saturated carbocycles. The summed E-state index contributed by atoms with van der Waals surface area (Å²) in [4.78, 5) is 60.2. The van der Waals surface area contributed by atoms with Crippen molar-refractivity contribution in [3.05, 3.63) is 89.5 Å². The van der Waals surface area contributed by atoms with Gasteiger partial charge >= 0.3 is 27.6 Å². The Labute approximate surface area is 262 Å². The zero-order valence-electron chi connectivity index (χ0n) is 25.6. The summed E-state index contributed by atoms with van der Waals surface area (Å²) in [6.45, 7) is 12.8. The maximum atomic E-state index is 11.7. The molecule has 2 aromatic rings. The minimum absolute atomic E-state index is 0.124. The maximum absolute atomic E-state index is 11.7. The van der Waals surface area contributed by atoms with Gasteiger partial charge in [-0.25, -0.2) is 18.7 Å². The van der Waals surface area contributed by atoms with Crippen LogP contribution < -0.4 is 4.74 Å². The molecule has 0 fully saturated rings. The molecule has 0 heterocycles. The largest absolute Gasteiger partial charge is 0.491 e. The van der Waals surface area contributed by atoms with E-state index in [1.807, 2.05) is 50.2 Å². The minimum atomic E-state index is -4.87. The fourth-order valence-electron chi connectivity index (χ4n) is 3.99. The summed E-state index contributed by atoms with van der Waals surface area (Å²) < 4.78 is 47.8. The molecular formula is C30H40O13P2. The first-order chi connectivity index (χ1) is 20.8. The van der Waals surface area contributed by atoms with Crippen LogP contribution in [0.3, 0.4) is 0 Å². The number of aryl methyl sites for hydroxylation is 1. The van der Waals surface area contributed by atoms with Crippen molar-refractivity contribution in [2.45, 2.75) is 58.2 Å². The monoisotopic (exact) mass is 670 g/mol. The van der Waals surface area contributed by atoms with Crippen LogP contribution in [0.4, 0.5) is 0 Å². The molecule has 2 aromatic carbocycles. The molecule has 0 radical (unpaired) electrons. The van der Waals surface area contributed by atoms with Crippen LogP contribution in [0.2, 0.25) is 0 Å². The van der Waals surface area contributed by atoms with Gasteiger partial charge in [0.25, 0.3) is 0 Å². The minimum Gasteiger partial charge on any atom is -0.491 e. The van der Waals surface area contributed by atoms with E-state index in [1.165, 1.54) is 13.8 Å². The highest BCUT2D eigenvalue weighted by Crippen LogP contribution is 2.39. The van der Waals surface area contributed by atoms with Crippen molar-refractivity contribution in [1.29, 1.82) is 0 Å². The highest BCUT2D eigenvalue weighted by Gasteiger charge is 2.27. The fourth-order valence-corrected chi connectivity index (χ4v) is 5.05. The third-order valence-electron chi connectivity index (χ3n) is 6.51. The first-order valence-corrected chi connectivity index (χ1v) is 16.8. The quantitative estimate of drug-likeness (QED) is 0.0983. The lowest BCUT2D eigenvalue weighted by atomic mass is 9.78. The Hall–Kier alpha value is -3.12. The molecule has 2 unspecified atom stereocenters. The highest BCUT2D eigenvalue weighted by atomic mass is 31.2. The van der Waals surface area contributed by atoms with Gasteiger partial charge < -0.3 is 33.8 Å². The fraction of sp³-hybridized carbons (Fsp3) is 0.400. The van der Waals surface area contributed by atoms with Crippen LogP contribution in [0.25, 0.3) is 0 Å². The number of carbonyl (C=O) groups is 2. The molecule has 4 N–H and O–H groups in total. The van der Waals surface area contributed by atoms with Gasteiger partial charge in [-0.15, -0.1) is 0 Å². The lowest BCUT2D eigenvalue weighted by molar-refractivity contribution is -0.142. The van der Waals surface area contributed by atoms with Crippen molar-refractivity contribution >= 4 is 27.6 Å². The van der Waals surface area contributed by atoms with Crippen molar-refractivity contribution < 1.29 is 61.6 Å². The molecule has 2 atom stereocenters. The number of rotatable bonds is 18. The molecular weight excluding hydrogens is 630 g/mol. The molecule has 45 heavy (non-hydrogen) atoms. The van der Waals surface area contributed by atoms with Gasteiger partial charge in [0.1, 0.15) is 37.8 Å². The summed E-state index contributed by atoms with van der Waals surface area (Å²) in [5.74, 6) is -1.01. The Kier molecular flexibility index (Phi) is 13.9. The highest BCUT2D eigenvalue weighted by molar-refractivity contribution is 7.46. The Balaban J connectivity index is 2.04. The summed E-state index contributed by atoms with van der Waals surface area (Å²) in [7, 11) is -9.68. The molecule has 0 saturated heterocycles. The number of hydrogen-bond acceptors (Lipinski definition) is 9. The van der Waals surface area contributed by atoms with Crippen LogP contribution in [0, 0.1) is 0 Å². The number of benzene rings is 2. The second-order valence-corrected chi connectivity index (χ2v) is 13.3. The predicted octanol–water partition coefficient (Wildman–Crippen LogP) is 4.52. The molecule has 0 aliphatic carbocycles. The van der Waals surface area contributed by atoms with Crippen LogP contribution in [0.5, 0.6) is 5.75 Å². The average Bonchev–Trinajstić information content (AvgIpc) is 2.94. The lowest BCUT2D eigenvalue weighted by Crippen LogP contribution is -2.28. The van der Waals surface area contributed by atoms with Gasteiger partial charge in [-0.05, 0) is 55.5 Å². The molecule has 15 heteroatoms. The van der Waals surface area contributed by atoms with E-state index in [1.54, 1.807) is 12.1 Å². The van der Waals surface area contributed by atoms with Crippen molar-refractivity contribution in [2.75, 3.05) is 19.8 Å². The molecule has 2 rings (SSSR count). The zero-order valence-corrected chi connectivity index (χ0v) is 27.4. The van der Waals surface area contributed by atoms with Crippen molar-refractivity contribution in [3.63, 3.8) is 0 Å². The summed E-state index contributed by atoms with van der Waals surface area (Å²) in [6, 6.07) is 14.8. The van der Waals surface area contributed by atoms with E-state index in [4.69, 9.17) is 18.7 Å². The third-order valence-corrected chi connectivity index (χ3v) is 7.66. The van der Waals surface area contributed by atoms with Gasteiger partial charge in [0.15, 0.2) is 0 Å². The topological polar surface area (TPSA) is 195 Å². The molecule has 248 valence electrons. The Morgan fingerprint density at radius 1 is 0.733 bits per heavy atom. The number of phosphoric acid groups is 2. The summed E-state index contributed by atoms with van der Waals surface area (Å²) in [6.07, 6.45) is -1.65. The van der Waals surface area contributed by atoms with E-state index >= 15 is 0 Å². The molecule has 0 amide bonds. The van der Waals surface area contributed by atoms with Crippen molar-refractivity contribution in [1.82, 2.24) is 0 Å². The summed E-state index contributed by atoms with van der Waals surface area (Å²) >= 11 is 0. The van der Waals surface area contributed by atoms with E-state index in [0.717, 1.165) is 16.7 Å². The average molecular weight is 671 g/mol. The van der Waals surface area contributed by atoms with Gasteiger partial charge in [0, 0.05) is 16.6 Å². The van der Waals surface area contributed by atoms with Gasteiger partial charge in [-0.2, -0.15) is 0 Å². The standard InChI is InChI=1S/C30H40O13P2/c1-20(2)28(31)40-17-26(42-44(33,34)35)14-9-22-7-10-23(11-8-22)30(5,6)24-12-15-25(16-13-24)39-18-27(43-45(36,37)38)19-41-29(32)21(3)4/h7-8,10-13,15-16,26-27H,1,3,9,14,17-19H2,2,4-6H3,(H2,33,34,35)(H2,36,37,38). The Bertz CT molecular complexity index is 1320.